The summed E-state index contributed by atoms with van der Waals surface area (Å²) in [5.74, 6) is -2.24. The van der Waals surface area contributed by atoms with Crippen LogP contribution < -0.4 is 0 Å². The molecule has 0 spiro atoms. The van der Waals surface area contributed by atoms with Gasteiger partial charge in [0.1, 0.15) is 12.2 Å². The molecule has 1 rings (SSSR count). The van der Waals surface area contributed by atoms with E-state index in [1.165, 1.54) is 6.92 Å². The number of hydrogen-bond acceptors (Lipinski definition) is 4. The van der Waals surface area contributed by atoms with Crippen molar-refractivity contribution in [3.63, 3.8) is 0 Å². The lowest BCUT2D eigenvalue weighted by atomic mass is 10.1. The smallest absolute Gasteiger partial charge is 0.311 e. The minimum atomic E-state index is -1.09. The molecular weight excluding hydrogens is 276 g/mol. The third-order valence-corrected chi connectivity index (χ3v) is 2.33. The average Bonchev–Trinajstić information content (AvgIpc) is 2.39. The fourth-order valence-electron chi connectivity index (χ4n) is 1.35. The number of carbonyl (C=O) groups is 4. The maximum atomic E-state index is 11.1. The fourth-order valence-corrected chi connectivity index (χ4v) is 1.35. The third-order valence-electron chi connectivity index (χ3n) is 2.33. The van der Waals surface area contributed by atoms with Gasteiger partial charge in [0.25, 0.3) is 0 Å². The normalized spacial score (nSPS) is 9.19. The molecule has 1 aromatic rings. The Balaban J connectivity index is 0.000000400. The van der Waals surface area contributed by atoms with Crippen LogP contribution in [0, 0.1) is 0 Å². The van der Waals surface area contributed by atoms with E-state index < -0.39 is 18.4 Å². The largest absolute Gasteiger partial charge is 0.481 e. The van der Waals surface area contributed by atoms with Gasteiger partial charge in [0, 0.05) is 18.4 Å². The number of Topliss-reactive ketones (excluding diaryl/α,β-unsaturated/α-hetero) is 2. The molecule has 0 amide bonds. The number of hydrogen-bond donors (Lipinski definition) is 2. The summed E-state index contributed by atoms with van der Waals surface area (Å²) < 4.78 is 0. The number of carboxylic acids is 2. The number of benzene rings is 1. The molecule has 0 aliphatic heterocycles. The molecule has 1 aromatic carbocycles. The van der Waals surface area contributed by atoms with Gasteiger partial charge in [0.2, 0.25) is 0 Å². The Morgan fingerprint density at radius 3 is 1.90 bits per heavy atom. The van der Waals surface area contributed by atoms with Crippen molar-refractivity contribution in [2.24, 2.45) is 0 Å². The van der Waals surface area contributed by atoms with Crippen LogP contribution in [0.15, 0.2) is 30.3 Å². The molecule has 0 saturated carbocycles. The highest BCUT2D eigenvalue weighted by Crippen LogP contribution is 2.02. The molecule has 6 nitrogen and oxygen atoms in total. The van der Waals surface area contributed by atoms with Crippen molar-refractivity contribution < 1.29 is 29.4 Å². The van der Waals surface area contributed by atoms with Gasteiger partial charge in [-0.1, -0.05) is 30.3 Å². The second-order valence-corrected chi connectivity index (χ2v) is 4.31. The highest BCUT2D eigenvalue weighted by molar-refractivity contribution is 6.05. The maximum absolute atomic E-state index is 11.1. The van der Waals surface area contributed by atoms with E-state index in [1.54, 1.807) is 30.3 Å². The van der Waals surface area contributed by atoms with Gasteiger partial charge in [-0.25, -0.2) is 0 Å². The Morgan fingerprint density at radius 2 is 1.48 bits per heavy atom. The number of ketones is 2. The van der Waals surface area contributed by atoms with Crippen LogP contribution >= 0.6 is 0 Å². The second kappa shape index (κ2) is 10.3. The monoisotopic (exact) mass is 294 g/mol. The van der Waals surface area contributed by atoms with Crippen molar-refractivity contribution >= 4 is 23.5 Å². The second-order valence-electron chi connectivity index (χ2n) is 4.31. The first-order chi connectivity index (χ1) is 9.82. The van der Waals surface area contributed by atoms with Crippen LogP contribution in [0.2, 0.25) is 0 Å². The Hall–Kier alpha value is -2.50. The number of aliphatic carboxylic acids is 2. The summed E-state index contributed by atoms with van der Waals surface area (Å²) in [6.07, 6.45) is 0.501. The summed E-state index contributed by atoms with van der Waals surface area (Å²) in [6, 6.07) is 8.39. The molecule has 0 atom stereocenters. The van der Waals surface area contributed by atoms with Crippen LogP contribution in [0.25, 0.3) is 0 Å². The van der Waals surface area contributed by atoms with Gasteiger partial charge >= 0.3 is 11.9 Å². The Morgan fingerprint density at radius 1 is 0.905 bits per heavy atom. The third kappa shape index (κ3) is 11.1. The average molecular weight is 294 g/mol. The molecule has 0 unspecified atom stereocenters. The number of carboxylic acid groups (broad SMARTS) is 2. The molecule has 0 heterocycles. The SMILES string of the molecule is CC(=O)CCCC(=O)O.O=C(O)CC(=O)c1ccccc1. The van der Waals surface area contributed by atoms with Gasteiger partial charge in [-0.2, -0.15) is 0 Å². The van der Waals surface area contributed by atoms with Crippen LogP contribution in [0.3, 0.4) is 0 Å². The van der Waals surface area contributed by atoms with Crippen molar-refractivity contribution in [1.82, 2.24) is 0 Å². The highest BCUT2D eigenvalue weighted by atomic mass is 16.4. The van der Waals surface area contributed by atoms with Gasteiger partial charge in [-0.05, 0) is 13.3 Å². The van der Waals surface area contributed by atoms with Crippen molar-refractivity contribution in [2.45, 2.75) is 32.6 Å². The molecule has 2 N–H and O–H groups in total. The predicted octanol–water partition coefficient (Wildman–Crippen LogP) is 2.17. The molecule has 0 aliphatic rings. The number of carbonyl (C=O) groups excluding carboxylic acids is 2. The van der Waals surface area contributed by atoms with Gasteiger partial charge in [-0.3, -0.25) is 14.4 Å². The van der Waals surface area contributed by atoms with Crippen LogP contribution in [-0.2, 0) is 14.4 Å². The first-order valence-corrected chi connectivity index (χ1v) is 6.34. The van der Waals surface area contributed by atoms with Crippen LogP contribution in [-0.4, -0.2) is 33.7 Å². The Kier molecular flexibility index (Phi) is 9.08. The zero-order chi connectivity index (χ0) is 16.3. The van der Waals surface area contributed by atoms with Gasteiger partial charge < -0.3 is 15.0 Å². The quantitative estimate of drug-likeness (QED) is 0.589. The van der Waals surface area contributed by atoms with Gasteiger partial charge in [-0.15, -0.1) is 0 Å². The van der Waals surface area contributed by atoms with Crippen molar-refractivity contribution in [3.05, 3.63) is 35.9 Å². The molecule has 0 radical (unpaired) electrons. The van der Waals surface area contributed by atoms with Crippen molar-refractivity contribution in [3.8, 4) is 0 Å². The molecule has 0 aromatic heterocycles. The van der Waals surface area contributed by atoms with E-state index in [2.05, 4.69) is 0 Å². The summed E-state index contributed by atoms with van der Waals surface area (Å²) >= 11 is 0. The van der Waals surface area contributed by atoms with E-state index in [0.717, 1.165) is 0 Å². The molecule has 0 aliphatic carbocycles. The minimum Gasteiger partial charge on any atom is -0.481 e. The van der Waals surface area contributed by atoms with E-state index in [1.807, 2.05) is 0 Å². The lowest BCUT2D eigenvalue weighted by Gasteiger charge is -1.95. The fraction of sp³-hybridized carbons (Fsp3) is 0.333. The molecule has 0 bridgehead atoms. The van der Waals surface area contributed by atoms with E-state index >= 15 is 0 Å². The lowest BCUT2D eigenvalue weighted by molar-refractivity contribution is -0.137. The van der Waals surface area contributed by atoms with Crippen LogP contribution in [0.5, 0.6) is 0 Å². The molecule has 114 valence electrons. The van der Waals surface area contributed by atoms with E-state index in [9.17, 15) is 19.2 Å². The molecule has 0 saturated heterocycles. The summed E-state index contributed by atoms with van der Waals surface area (Å²) in [7, 11) is 0. The molecule has 6 heteroatoms. The summed E-state index contributed by atoms with van der Waals surface area (Å²) in [5, 5.41) is 16.4. The predicted molar refractivity (Wildman–Crippen MR) is 75.2 cm³/mol. The van der Waals surface area contributed by atoms with E-state index in [4.69, 9.17) is 10.2 Å². The summed E-state index contributed by atoms with van der Waals surface area (Å²) in [4.78, 5) is 41.3. The Bertz CT molecular complexity index is 478. The lowest BCUT2D eigenvalue weighted by Crippen LogP contribution is -2.06. The van der Waals surface area contributed by atoms with E-state index in [-0.39, 0.29) is 18.0 Å². The molecule has 0 fully saturated rings. The summed E-state index contributed by atoms with van der Waals surface area (Å²) in [6.45, 7) is 1.46. The van der Waals surface area contributed by atoms with Crippen molar-refractivity contribution in [2.75, 3.05) is 0 Å². The first kappa shape index (κ1) is 18.5. The van der Waals surface area contributed by atoms with Crippen LogP contribution in [0.1, 0.15) is 43.0 Å². The zero-order valence-electron chi connectivity index (χ0n) is 11.7. The van der Waals surface area contributed by atoms with Gasteiger partial charge in [0.05, 0.1) is 0 Å². The first-order valence-electron chi connectivity index (χ1n) is 6.34. The maximum Gasteiger partial charge on any atom is 0.311 e. The minimum absolute atomic E-state index is 0.0521. The van der Waals surface area contributed by atoms with Crippen molar-refractivity contribution in [1.29, 1.82) is 0 Å². The highest BCUT2D eigenvalue weighted by Gasteiger charge is 2.08. The van der Waals surface area contributed by atoms with E-state index in [0.29, 0.717) is 18.4 Å². The standard InChI is InChI=1S/C9H8O3.C6H10O3/c10-8(6-9(11)12)7-4-2-1-3-5-7;1-5(7)3-2-4-6(8)9/h1-5H,6H2,(H,11,12);2-4H2,1H3,(H,8,9). The zero-order valence-corrected chi connectivity index (χ0v) is 11.7. The number of rotatable bonds is 7. The molecule has 21 heavy (non-hydrogen) atoms. The van der Waals surface area contributed by atoms with Crippen LogP contribution in [0.4, 0.5) is 0 Å². The van der Waals surface area contributed by atoms with Gasteiger partial charge in [0.15, 0.2) is 5.78 Å². The Labute approximate surface area is 122 Å². The topological polar surface area (TPSA) is 109 Å². The summed E-state index contributed by atoms with van der Waals surface area (Å²) in [5.41, 5.74) is 0.444. The molecular formula is C15H18O6.